The summed E-state index contributed by atoms with van der Waals surface area (Å²) >= 11 is 0. The second kappa shape index (κ2) is 8.48. The number of ether oxygens (including phenoxy) is 3. The van der Waals surface area contributed by atoms with Gasteiger partial charge < -0.3 is 24.4 Å². The highest BCUT2D eigenvalue weighted by Gasteiger charge is 2.31. The van der Waals surface area contributed by atoms with Gasteiger partial charge in [0.2, 0.25) is 0 Å². The van der Waals surface area contributed by atoms with Crippen molar-refractivity contribution in [2.24, 2.45) is 5.92 Å². The maximum atomic E-state index is 10.0. The van der Waals surface area contributed by atoms with Crippen LogP contribution in [0.2, 0.25) is 0 Å². The van der Waals surface area contributed by atoms with Gasteiger partial charge in [0.1, 0.15) is 11.9 Å². The molecule has 2 rings (SSSR count). The fraction of sp³-hybridized carbons (Fsp3) is 0.647. The average molecular weight is 310 g/mol. The van der Waals surface area contributed by atoms with Crippen molar-refractivity contribution >= 4 is 0 Å². The molecule has 5 nitrogen and oxygen atoms in total. The van der Waals surface area contributed by atoms with E-state index in [0.29, 0.717) is 12.3 Å². The Hall–Kier alpha value is -1.14. The third-order valence-corrected chi connectivity index (χ3v) is 4.03. The Kier molecular flexibility index (Phi) is 6.64. The summed E-state index contributed by atoms with van der Waals surface area (Å²) in [5, 5.41) is 19.0. The van der Waals surface area contributed by atoms with Crippen molar-refractivity contribution in [1.29, 1.82) is 0 Å². The van der Waals surface area contributed by atoms with Crippen LogP contribution < -0.4 is 4.74 Å². The van der Waals surface area contributed by atoms with Gasteiger partial charge in [-0.1, -0.05) is 19.1 Å². The van der Waals surface area contributed by atoms with E-state index in [4.69, 9.17) is 19.3 Å². The molecule has 0 spiro atoms. The molecule has 0 bridgehead atoms. The van der Waals surface area contributed by atoms with Gasteiger partial charge in [0.05, 0.1) is 19.8 Å². The first kappa shape index (κ1) is 17.2. The third-order valence-electron chi connectivity index (χ3n) is 4.03. The molecule has 1 aliphatic heterocycles. The summed E-state index contributed by atoms with van der Waals surface area (Å²) in [7, 11) is 1.64. The van der Waals surface area contributed by atoms with E-state index in [0.717, 1.165) is 24.2 Å². The molecule has 1 aromatic rings. The predicted molar refractivity (Wildman–Crippen MR) is 82.8 cm³/mol. The first-order valence-electron chi connectivity index (χ1n) is 7.81. The molecule has 1 aromatic carbocycles. The maximum Gasteiger partial charge on any atom is 0.162 e. The lowest BCUT2D eigenvalue weighted by molar-refractivity contribution is -0.254. The molecule has 0 radical (unpaired) electrons. The van der Waals surface area contributed by atoms with Crippen LogP contribution in [0.3, 0.4) is 0 Å². The van der Waals surface area contributed by atoms with Crippen molar-refractivity contribution in [3.05, 3.63) is 29.8 Å². The van der Waals surface area contributed by atoms with Gasteiger partial charge in [-0.15, -0.1) is 0 Å². The standard InChI is InChI=1S/C17H26O5/c1-12(7-8-18)9-16-15(19)11-21-17(22-16)10-13-3-5-14(20-2)6-4-13/h3-6,12,15-19H,7-11H2,1-2H3/t12-,15+,16-,17?/m0/s1. The monoisotopic (exact) mass is 310 g/mol. The Labute approximate surface area is 131 Å². The topological polar surface area (TPSA) is 68.2 Å². The van der Waals surface area contributed by atoms with Gasteiger partial charge in [0, 0.05) is 13.0 Å². The molecule has 0 aromatic heterocycles. The van der Waals surface area contributed by atoms with Crippen LogP contribution in [0.4, 0.5) is 0 Å². The molecule has 124 valence electrons. The Morgan fingerprint density at radius 1 is 1.32 bits per heavy atom. The molecule has 0 amide bonds. The zero-order valence-corrected chi connectivity index (χ0v) is 13.3. The molecule has 0 saturated carbocycles. The van der Waals surface area contributed by atoms with Gasteiger partial charge in [-0.05, 0) is 36.5 Å². The molecule has 1 fully saturated rings. The first-order chi connectivity index (χ1) is 10.6. The Morgan fingerprint density at radius 3 is 2.68 bits per heavy atom. The first-order valence-corrected chi connectivity index (χ1v) is 7.81. The largest absolute Gasteiger partial charge is 0.497 e. The van der Waals surface area contributed by atoms with Crippen molar-refractivity contribution in [2.75, 3.05) is 20.3 Å². The highest BCUT2D eigenvalue weighted by atomic mass is 16.7. The highest BCUT2D eigenvalue weighted by Crippen LogP contribution is 2.23. The number of hydrogen-bond acceptors (Lipinski definition) is 5. The molecule has 22 heavy (non-hydrogen) atoms. The number of rotatable bonds is 7. The second-order valence-corrected chi connectivity index (χ2v) is 5.91. The van der Waals surface area contributed by atoms with Gasteiger partial charge in [-0.3, -0.25) is 0 Å². The average Bonchev–Trinajstić information content (AvgIpc) is 2.51. The lowest BCUT2D eigenvalue weighted by atomic mass is 9.97. The van der Waals surface area contributed by atoms with E-state index < -0.39 is 6.10 Å². The minimum absolute atomic E-state index is 0.162. The number of hydrogen-bond donors (Lipinski definition) is 2. The van der Waals surface area contributed by atoms with Crippen LogP contribution >= 0.6 is 0 Å². The lowest BCUT2D eigenvalue weighted by Crippen LogP contribution is -2.45. The van der Waals surface area contributed by atoms with Crippen molar-refractivity contribution in [1.82, 2.24) is 0 Å². The van der Waals surface area contributed by atoms with Gasteiger partial charge in [-0.25, -0.2) is 0 Å². The fourth-order valence-corrected chi connectivity index (χ4v) is 2.65. The van der Waals surface area contributed by atoms with E-state index in [1.165, 1.54) is 0 Å². The summed E-state index contributed by atoms with van der Waals surface area (Å²) in [5.41, 5.74) is 1.10. The zero-order chi connectivity index (χ0) is 15.9. The SMILES string of the molecule is COc1ccc(CC2OC[C@@H](O)[C@H](C[C@@H](C)CCO)O2)cc1. The highest BCUT2D eigenvalue weighted by molar-refractivity contribution is 5.27. The van der Waals surface area contributed by atoms with Crippen molar-refractivity contribution < 1.29 is 24.4 Å². The molecule has 4 atom stereocenters. The maximum absolute atomic E-state index is 10.0. The summed E-state index contributed by atoms with van der Waals surface area (Å²) < 4.78 is 16.6. The number of methoxy groups -OCH3 is 1. The smallest absolute Gasteiger partial charge is 0.162 e. The number of benzene rings is 1. The summed E-state index contributed by atoms with van der Waals surface area (Å²) in [4.78, 5) is 0. The summed E-state index contributed by atoms with van der Waals surface area (Å²) in [6.45, 7) is 2.51. The van der Waals surface area contributed by atoms with Crippen LogP contribution in [0.1, 0.15) is 25.3 Å². The normalized spacial score (nSPS) is 26.6. The van der Waals surface area contributed by atoms with Gasteiger partial charge in [0.25, 0.3) is 0 Å². The number of aliphatic hydroxyl groups is 2. The van der Waals surface area contributed by atoms with E-state index in [9.17, 15) is 5.11 Å². The van der Waals surface area contributed by atoms with Crippen LogP contribution in [0.25, 0.3) is 0 Å². The van der Waals surface area contributed by atoms with Crippen LogP contribution in [0, 0.1) is 5.92 Å². The van der Waals surface area contributed by atoms with Crippen LogP contribution in [0.5, 0.6) is 5.75 Å². The molecule has 1 aliphatic rings. The summed E-state index contributed by atoms with van der Waals surface area (Å²) in [6.07, 6.45) is 0.900. The van der Waals surface area contributed by atoms with Gasteiger partial charge in [-0.2, -0.15) is 0 Å². The summed E-state index contributed by atoms with van der Waals surface area (Å²) in [6, 6.07) is 7.79. The van der Waals surface area contributed by atoms with E-state index >= 15 is 0 Å². The van der Waals surface area contributed by atoms with Gasteiger partial charge in [0.15, 0.2) is 6.29 Å². The minimum Gasteiger partial charge on any atom is -0.497 e. The molecule has 1 heterocycles. The van der Waals surface area contributed by atoms with E-state index in [1.54, 1.807) is 7.11 Å². The predicted octanol–water partition coefficient (Wildman–Crippen LogP) is 1.75. The van der Waals surface area contributed by atoms with Crippen molar-refractivity contribution in [3.63, 3.8) is 0 Å². The van der Waals surface area contributed by atoms with Crippen LogP contribution in [-0.4, -0.2) is 49.0 Å². The van der Waals surface area contributed by atoms with Crippen molar-refractivity contribution in [3.8, 4) is 5.75 Å². The Bertz CT molecular complexity index is 433. The Balaban J connectivity index is 1.88. The quantitative estimate of drug-likeness (QED) is 0.803. The van der Waals surface area contributed by atoms with Crippen molar-refractivity contribution in [2.45, 2.75) is 44.7 Å². The molecule has 5 heteroatoms. The number of aliphatic hydroxyl groups excluding tert-OH is 2. The van der Waals surface area contributed by atoms with Gasteiger partial charge >= 0.3 is 0 Å². The molecule has 1 saturated heterocycles. The van der Waals surface area contributed by atoms with Crippen LogP contribution in [-0.2, 0) is 15.9 Å². The summed E-state index contributed by atoms with van der Waals surface area (Å²) in [5.74, 6) is 1.13. The molecule has 2 N–H and O–H groups in total. The minimum atomic E-state index is -0.603. The third kappa shape index (κ3) is 4.95. The zero-order valence-electron chi connectivity index (χ0n) is 13.3. The Morgan fingerprint density at radius 2 is 2.05 bits per heavy atom. The molecule has 1 unspecified atom stereocenters. The molecular weight excluding hydrogens is 284 g/mol. The van der Waals surface area contributed by atoms with Crippen LogP contribution in [0.15, 0.2) is 24.3 Å². The van der Waals surface area contributed by atoms with E-state index in [-0.39, 0.29) is 25.6 Å². The molecule has 0 aliphatic carbocycles. The lowest BCUT2D eigenvalue weighted by Gasteiger charge is -2.35. The van der Waals surface area contributed by atoms with E-state index in [2.05, 4.69) is 6.92 Å². The second-order valence-electron chi connectivity index (χ2n) is 5.91. The molecular formula is C17H26O5. The fourth-order valence-electron chi connectivity index (χ4n) is 2.65. The van der Waals surface area contributed by atoms with E-state index in [1.807, 2.05) is 24.3 Å².